The van der Waals surface area contributed by atoms with E-state index in [1.165, 1.54) is 20.2 Å². The first kappa shape index (κ1) is 11.8. The van der Waals surface area contributed by atoms with Gasteiger partial charge in [-0.3, -0.25) is 0 Å². The van der Waals surface area contributed by atoms with E-state index < -0.39 is 0 Å². The molecule has 0 aliphatic carbocycles. The maximum Gasteiger partial charge on any atom is 0.0216 e. The zero-order chi connectivity index (χ0) is 11.4. The van der Waals surface area contributed by atoms with Crippen LogP contribution in [0.15, 0.2) is 23.6 Å². The van der Waals surface area contributed by atoms with Crippen LogP contribution in [0.2, 0.25) is 0 Å². The van der Waals surface area contributed by atoms with Gasteiger partial charge in [0.25, 0.3) is 0 Å². The highest BCUT2D eigenvalue weighted by molar-refractivity contribution is 7.12. The smallest absolute Gasteiger partial charge is 0.0216 e. The van der Waals surface area contributed by atoms with Crippen molar-refractivity contribution in [1.82, 2.24) is 5.32 Å². The van der Waals surface area contributed by atoms with Gasteiger partial charge >= 0.3 is 0 Å². The lowest BCUT2D eigenvalue weighted by atomic mass is 10.2. The van der Waals surface area contributed by atoms with Crippen LogP contribution < -0.4 is 5.32 Å². The van der Waals surface area contributed by atoms with Crippen molar-refractivity contribution < 1.29 is 0 Å². The van der Waals surface area contributed by atoms with E-state index in [-0.39, 0.29) is 0 Å². The molecule has 1 nitrogen and oxygen atoms in total. The molecule has 0 aromatic carbocycles. The Morgan fingerprint density at radius 2 is 2.19 bits per heavy atom. The summed E-state index contributed by atoms with van der Waals surface area (Å²) < 4.78 is 0. The zero-order valence-corrected chi connectivity index (χ0v) is 11.4. The van der Waals surface area contributed by atoms with Gasteiger partial charge in [-0.05, 0) is 43.3 Å². The molecule has 2 rings (SSSR count). The topological polar surface area (TPSA) is 12.0 Å². The Bertz CT molecular complexity index is 429. The molecule has 0 bridgehead atoms. The average molecular weight is 251 g/mol. The van der Waals surface area contributed by atoms with Crippen LogP contribution >= 0.6 is 22.7 Å². The normalized spacial score (nSPS) is 10.9. The third-order valence-corrected chi connectivity index (χ3v) is 4.53. The fraction of sp³-hybridized carbons (Fsp3) is 0.385. The minimum atomic E-state index is 1.00. The van der Waals surface area contributed by atoms with Crippen molar-refractivity contribution in [2.24, 2.45) is 0 Å². The fourth-order valence-corrected chi connectivity index (χ4v) is 3.40. The molecule has 0 saturated heterocycles. The second-order valence-electron chi connectivity index (χ2n) is 3.94. The van der Waals surface area contributed by atoms with Crippen molar-refractivity contribution in [2.45, 2.75) is 26.8 Å². The third kappa shape index (κ3) is 3.17. The maximum atomic E-state index is 3.51. The molecule has 0 radical (unpaired) electrons. The molecule has 2 heterocycles. The number of thiophene rings is 2. The SMILES string of the molecule is Cc1cc(CNCCc2cccs2)c(C)s1. The second-order valence-corrected chi connectivity index (χ2v) is 6.44. The number of hydrogen-bond donors (Lipinski definition) is 1. The molecule has 0 amide bonds. The van der Waals surface area contributed by atoms with Gasteiger partial charge in [-0.25, -0.2) is 0 Å². The molecule has 86 valence electrons. The highest BCUT2D eigenvalue weighted by atomic mass is 32.1. The van der Waals surface area contributed by atoms with Gasteiger partial charge in [-0.1, -0.05) is 6.07 Å². The van der Waals surface area contributed by atoms with Crippen LogP contribution in [0.5, 0.6) is 0 Å². The van der Waals surface area contributed by atoms with Crippen LogP contribution in [-0.2, 0) is 13.0 Å². The van der Waals surface area contributed by atoms with Crippen LogP contribution in [0.1, 0.15) is 20.2 Å². The molecule has 0 aliphatic rings. The summed E-state index contributed by atoms with van der Waals surface area (Å²) >= 11 is 3.73. The van der Waals surface area contributed by atoms with Crippen molar-refractivity contribution in [3.63, 3.8) is 0 Å². The van der Waals surface area contributed by atoms with Crippen molar-refractivity contribution in [2.75, 3.05) is 6.54 Å². The summed E-state index contributed by atoms with van der Waals surface area (Å²) in [6.45, 7) is 6.44. The van der Waals surface area contributed by atoms with Crippen molar-refractivity contribution in [3.05, 3.63) is 43.8 Å². The molecule has 0 spiro atoms. The molecular formula is C13H17NS2. The standard InChI is InChI=1S/C13H17NS2/c1-10-8-12(11(2)16-10)9-14-6-5-13-4-3-7-15-13/h3-4,7-8,14H,5-6,9H2,1-2H3. The fourth-order valence-electron chi connectivity index (χ4n) is 1.75. The summed E-state index contributed by atoms with van der Waals surface area (Å²) in [4.78, 5) is 4.32. The van der Waals surface area contributed by atoms with Crippen molar-refractivity contribution in [3.8, 4) is 0 Å². The number of nitrogens with one attached hydrogen (secondary N) is 1. The lowest BCUT2D eigenvalue weighted by Gasteiger charge is -2.03. The number of hydrogen-bond acceptors (Lipinski definition) is 3. The Labute approximate surface area is 105 Å². The van der Waals surface area contributed by atoms with E-state index >= 15 is 0 Å². The van der Waals surface area contributed by atoms with Crippen LogP contribution in [0.25, 0.3) is 0 Å². The molecular weight excluding hydrogens is 234 g/mol. The van der Waals surface area contributed by atoms with E-state index in [4.69, 9.17) is 0 Å². The quantitative estimate of drug-likeness (QED) is 0.798. The Balaban J connectivity index is 1.74. The van der Waals surface area contributed by atoms with Crippen LogP contribution in [0.4, 0.5) is 0 Å². The lowest BCUT2D eigenvalue weighted by molar-refractivity contribution is 0.690. The Kier molecular flexibility index (Phi) is 4.16. The molecule has 0 aliphatic heterocycles. The Morgan fingerprint density at radius 1 is 1.31 bits per heavy atom. The van der Waals surface area contributed by atoms with E-state index in [0.717, 1.165) is 19.5 Å². The van der Waals surface area contributed by atoms with Gasteiger partial charge in [0.1, 0.15) is 0 Å². The molecule has 2 aromatic heterocycles. The average Bonchev–Trinajstić information content (AvgIpc) is 2.84. The first-order valence-corrected chi connectivity index (χ1v) is 7.24. The van der Waals surface area contributed by atoms with E-state index in [2.05, 4.69) is 42.7 Å². The van der Waals surface area contributed by atoms with Gasteiger partial charge in [0.2, 0.25) is 0 Å². The van der Waals surface area contributed by atoms with Gasteiger partial charge in [-0.15, -0.1) is 22.7 Å². The van der Waals surface area contributed by atoms with E-state index in [9.17, 15) is 0 Å². The second kappa shape index (κ2) is 5.62. The Hall–Kier alpha value is -0.640. The van der Waals surface area contributed by atoms with E-state index in [1.54, 1.807) is 0 Å². The summed E-state index contributed by atoms with van der Waals surface area (Å²) in [5, 5.41) is 5.65. The monoisotopic (exact) mass is 251 g/mol. The van der Waals surface area contributed by atoms with Gasteiger partial charge < -0.3 is 5.32 Å². The Morgan fingerprint density at radius 3 is 2.81 bits per heavy atom. The van der Waals surface area contributed by atoms with Gasteiger partial charge in [0, 0.05) is 27.7 Å². The largest absolute Gasteiger partial charge is 0.312 e. The summed E-state index contributed by atoms with van der Waals surface area (Å²) in [7, 11) is 0. The van der Waals surface area contributed by atoms with Crippen LogP contribution in [-0.4, -0.2) is 6.54 Å². The van der Waals surface area contributed by atoms with Crippen molar-refractivity contribution in [1.29, 1.82) is 0 Å². The van der Waals surface area contributed by atoms with Gasteiger partial charge in [0.15, 0.2) is 0 Å². The molecule has 16 heavy (non-hydrogen) atoms. The highest BCUT2D eigenvalue weighted by Crippen LogP contribution is 2.20. The van der Waals surface area contributed by atoms with Crippen LogP contribution in [0.3, 0.4) is 0 Å². The number of aryl methyl sites for hydroxylation is 2. The molecule has 0 saturated carbocycles. The third-order valence-electron chi connectivity index (χ3n) is 2.59. The molecule has 1 N–H and O–H groups in total. The first-order valence-electron chi connectivity index (χ1n) is 5.54. The minimum absolute atomic E-state index is 1.00. The molecule has 0 fully saturated rings. The summed E-state index contributed by atoms with van der Waals surface area (Å²) in [6.07, 6.45) is 1.14. The highest BCUT2D eigenvalue weighted by Gasteiger charge is 2.01. The van der Waals surface area contributed by atoms with Gasteiger partial charge in [0.05, 0.1) is 0 Å². The molecule has 0 unspecified atom stereocenters. The van der Waals surface area contributed by atoms with Gasteiger partial charge in [-0.2, -0.15) is 0 Å². The molecule has 0 atom stereocenters. The summed E-state index contributed by atoms with van der Waals surface area (Å²) in [5.74, 6) is 0. The predicted octanol–water partition coefficient (Wildman–Crippen LogP) is 3.76. The maximum absolute atomic E-state index is 3.51. The zero-order valence-electron chi connectivity index (χ0n) is 9.75. The first-order chi connectivity index (χ1) is 7.75. The minimum Gasteiger partial charge on any atom is -0.312 e. The summed E-state index contributed by atoms with van der Waals surface area (Å²) in [5.41, 5.74) is 1.45. The van der Waals surface area contributed by atoms with Crippen molar-refractivity contribution >= 4 is 22.7 Å². The number of rotatable bonds is 5. The molecule has 3 heteroatoms. The molecule has 2 aromatic rings. The van der Waals surface area contributed by atoms with E-state index in [1.807, 2.05) is 22.7 Å². The summed E-state index contributed by atoms with van der Waals surface area (Å²) in [6, 6.07) is 6.61. The van der Waals surface area contributed by atoms with E-state index in [0.29, 0.717) is 0 Å². The van der Waals surface area contributed by atoms with Crippen LogP contribution in [0, 0.1) is 13.8 Å². The predicted molar refractivity (Wildman–Crippen MR) is 73.5 cm³/mol. The lowest BCUT2D eigenvalue weighted by Crippen LogP contribution is -2.16.